The summed E-state index contributed by atoms with van der Waals surface area (Å²) >= 11 is -1.25. The molecular weight excluding hydrogens is 221 g/mol. The molecule has 0 amide bonds. The third-order valence-corrected chi connectivity index (χ3v) is 12.5. The molecule has 0 N–H and O–H groups in total. The molecular formula is C5H6InNS. The van der Waals surface area contributed by atoms with Crippen molar-refractivity contribution in [3.05, 3.63) is 12.2 Å². The second kappa shape index (κ2) is 3.47. The Hall–Kier alpha value is 0.450. The number of nitrogens with zero attached hydrogens (tertiary/aromatic N) is 1. The molecule has 0 bridgehead atoms. The van der Waals surface area contributed by atoms with E-state index in [9.17, 15) is 0 Å². The van der Waals surface area contributed by atoms with Crippen molar-refractivity contribution in [3.8, 4) is 5.40 Å². The van der Waals surface area contributed by atoms with Gasteiger partial charge in [-0.1, -0.05) is 0 Å². The summed E-state index contributed by atoms with van der Waals surface area (Å²) in [5.41, 5.74) is 0. The molecule has 40 valence electrons. The van der Waals surface area contributed by atoms with Crippen molar-refractivity contribution in [1.29, 1.82) is 5.26 Å². The number of rotatable bonds is 1. The predicted molar refractivity (Wildman–Crippen MR) is 37.7 cm³/mol. The monoisotopic (exact) mass is 227 g/mol. The predicted octanol–water partition coefficient (Wildman–Crippen LogP) is 1.76. The Morgan fingerprint density at radius 3 is 2.62 bits per heavy atom. The Balaban J connectivity index is 2.22. The van der Waals surface area contributed by atoms with Gasteiger partial charge in [0.2, 0.25) is 0 Å². The molecule has 0 radical (unpaired) electrons. The molecule has 0 aliphatic carbocycles. The first kappa shape index (κ1) is 6.57. The molecule has 0 aromatic heterocycles. The van der Waals surface area contributed by atoms with Crippen molar-refractivity contribution in [1.82, 2.24) is 0 Å². The number of thiocyanates is 1. The van der Waals surface area contributed by atoms with Gasteiger partial charge in [0.15, 0.2) is 0 Å². The van der Waals surface area contributed by atoms with Gasteiger partial charge < -0.3 is 0 Å². The van der Waals surface area contributed by atoms with Gasteiger partial charge in [-0.15, -0.1) is 0 Å². The minimum atomic E-state index is -1.25. The van der Waals surface area contributed by atoms with Crippen LogP contribution in [0.25, 0.3) is 0 Å². The molecule has 1 aliphatic rings. The Labute approximate surface area is 59.6 Å². The third-order valence-electron chi connectivity index (χ3n) is 1.18. The first-order valence-electron chi connectivity index (χ1n) is 2.63. The van der Waals surface area contributed by atoms with E-state index in [0.29, 0.717) is 0 Å². The van der Waals surface area contributed by atoms with Gasteiger partial charge in [-0.2, -0.15) is 0 Å². The van der Waals surface area contributed by atoms with E-state index in [-0.39, 0.29) is 0 Å². The molecule has 0 atom stereocenters. The molecule has 3 heteroatoms. The summed E-state index contributed by atoms with van der Waals surface area (Å²) in [4.78, 5) is 0. The summed E-state index contributed by atoms with van der Waals surface area (Å²) in [6, 6.07) is 0. The normalized spacial score (nSPS) is 16.6. The van der Waals surface area contributed by atoms with E-state index in [1.807, 2.05) is 0 Å². The average Bonchev–Trinajstić information content (AvgIpc) is 2.19. The van der Waals surface area contributed by atoms with Crippen LogP contribution in [0.3, 0.4) is 0 Å². The van der Waals surface area contributed by atoms with Crippen LogP contribution in [0.4, 0.5) is 0 Å². The fraction of sp³-hybridized carbons (Fsp3) is 0.400. The summed E-state index contributed by atoms with van der Waals surface area (Å²) in [6.45, 7) is 0. The van der Waals surface area contributed by atoms with E-state index in [1.54, 1.807) is 8.59 Å². The van der Waals surface area contributed by atoms with Gasteiger partial charge in [-0.25, -0.2) is 0 Å². The zero-order valence-electron chi connectivity index (χ0n) is 4.50. The minimum absolute atomic E-state index is 1.25. The Morgan fingerprint density at radius 1 is 1.50 bits per heavy atom. The number of allylic oxidation sites excluding steroid dienone is 2. The van der Waals surface area contributed by atoms with Gasteiger partial charge in [0, 0.05) is 0 Å². The van der Waals surface area contributed by atoms with E-state index in [4.69, 9.17) is 5.26 Å². The van der Waals surface area contributed by atoms with Gasteiger partial charge in [0.1, 0.15) is 0 Å². The number of nitriles is 1. The van der Waals surface area contributed by atoms with E-state index in [2.05, 4.69) is 17.6 Å². The molecule has 0 saturated heterocycles. The first-order chi connectivity index (χ1) is 3.93. The van der Waals surface area contributed by atoms with Gasteiger partial charge in [-0.05, 0) is 0 Å². The van der Waals surface area contributed by atoms with Crippen LogP contribution in [0, 0.1) is 10.7 Å². The maximum absolute atomic E-state index is 8.26. The molecule has 0 aromatic rings. The van der Waals surface area contributed by atoms with Crippen molar-refractivity contribution >= 4 is 28.6 Å². The molecule has 1 nitrogen and oxygen atoms in total. The molecule has 1 heterocycles. The van der Waals surface area contributed by atoms with Crippen LogP contribution in [0.1, 0.15) is 0 Å². The second-order valence-electron chi connectivity index (χ2n) is 1.77. The maximum atomic E-state index is 8.26. The van der Waals surface area contributed by atoms with Crippen LogP contribution in [0.2, 0.25) is 8.35 Å². The van der Waals surface area contributed by atoms with E-state index < -0.39 is 20.0 Å². The van der Waals surface area contributed by atoms with Crippen molar-refractivity contribution in [2.45, 2.75) is 8.35 Å². The molecule has 1 aliphatic heterocycles. The van der Waals surface area contributed by atoms with E-state index in [0.717, 1.165) is 0 Å². The summed E-state index contributed by atoms with van der Waals surface area (Å²) < 4.78 is 2.58. The van der Waals surface area contributed by atoms with Gasteiger partial charge in [-0.3, -0.25) is 0 Å². The Bertz CT molecular complexity index is 130. The van der Waals surface area contributed by atoms with Crippen molar-refractivity contribution in [3.63, 3.8) is 0 Å². The molecule has 0 saturated carbocycles. The Kier molecular flexibility index (Phi) is 2.85. The van der Waals surface area contributed by atoms with Crippen molar-refractivity contribution < 1.29 is 0 Å². The quantitative estimate of drug-likeness (QED) is 0.503. The van der Waals surface area contributed by atoms with Crippen molar-refractivity contribution in [2.24, 2.45) is 0 Å². The van der Waals surface area contributed by atoms with E-state index >= 15 is 0 Å². The van der Waals surface area contributed by atoms with Gasteiger partial charge in [0.05, 0.1) is 0 Å². The van der Waals surface area contributed by atoms with E-state index in [1.165, 1.54) is 8.35 Å². The zero-order chi connectivity index (χ0) is 5.82. The molecule has 0 spiro atoms. The van der Waals surface area contributed by atoms with Gasteiger partial charge >= 0.3 is 59.7 Å². The van der Waals surface area contributed by atoms with Crippen LogP contribution < -0.4 is 0 Å². The summed E-state index contributed by atoms with van der Waals surface area (Å²) in [5, 5.41) is 10.4. The van der Waals surface area contributed by atoms with Crippen LogP contribution in [-0.2, 0) is 0 Å². The molecule has 0 fully saturated rings. The van der Waals surface area contributed by atoms with Crippen LogP contribution in [0.15, 0.2) is 12.2 Å². The zero-order valence-corrected chi connectivity index (χ0v) is 8.61. The molecule has 0 unspecified atom stereocenters. The standard InChI is InChI=1S/C4H6.CHNS.In/c1-3-4-2;2-1-3;/h3-4H,1-2H2;3H;/q;;+1/p-1. The first-order valence-corrected chi connectivity index (χ1v) is 12.2. The summed E-state index contributed by atoms with van der Waals surface area (Å²) in [5.74, 6) is 0. The molecule has 1 rings (SSSR count). The molecule has 0 aromatic carbocycles. The summed E-state index contributed by atoms with van der Waals surface area (Å²) in [7, 11) is 1.59. The molecule has 8 heavy (non-hydrogen) atoms. The SMILES string of the molecule is N#C[S][In]1[CH2]C=C[CH2]1. The van der Waals surface area contributed by atoms with Gasteiger partial charge in [0.25, 0.3) is 0 Å². The fourth-order valence-corrected chi connectivity index (χ4v) is 8.90. The topological polar surface area (TPSA) is 23.8 Å². The summed E-state index contributed by atoms with van der Waals surface area (Å²) in [6.07, 6.45) is 4.45. The van der Waals surface area contributed by atoms with Crippen LogP contribution >= 0.6 is 8.59 Å². The second-order valence-corrected chi connectivity index (χ2v) is 14.9. The average molecular weight is 227 g/mol. The number of hydrogen-bond acceptors (Lipinski definition) is 2. The Morgan fingerprint density at radius 2 is 2.12 bits per heavy atom. The third kappa shape index (κ3) is 1.75. The fourth-order valence-electron chi connectivity index (χ4n) is 0.763. The van der Waals surface area contributed by atoms with Crippen LogP contribution in [0.5, 0.6) is 0 Å². The number of hydrogen-bond donors (Lipinski definition) is 0. The van der Waals surface area contributed by atoms with Crippen molar-refractivity contribution in [2.75, 3.05) is 0 Å². The van der Waals surface area contributed by atoms with Crippen LogP contribution in [-0.4, -0.2) is 20.0 Å².